The maximum atomic E-state index is 12.3. The molecule has 2 N–H and O–H groups in total. The molecule has 1 saturated heterocycles. The van der Waals surface area contributed by atoms with Gasteiger partial charge in [-0.2, -0.15) is 0 Å². The number of alkyl halides is 3. The summed E-state index contributed by atoms with van der Waals surface area (Å²) in [5.74, 6) is -0.189. The molecule has 0 bridgehead atoms. The molecular weight excluding hydrogens is 269 g/mol. The third-order valence-corrected chi connectivity index (χ3v) is 3.53. The number of nitrogens with two attached hydrogens (primary N) is 1. The summed E-state index contributed by atoms with van der Waals surface area (Å²) in [5, 5.41) is 0. The predicted octanol–water partition coefficient (Wildman–Crippen LogP) is 3.07. The molecule has 1 unspecified atom stereocenters. The Morgan fingerprint density at radius 2 is 1.90 bits per heavy atom. The van der Waals surface area contributed by atoms with Crippen LogP contribution in [0.15, 0.2) is 24.3 Å². The highest BCUT2D eigenvalue weighted by Crippen LogP contribution is 2.28. The molecule has 0 aliphatic carbocycles. The van der Waals surface area contributed by atoms with Crippen molar-refractivity contribution in [1.29, 1.82) is 0 Å². The van der Waals surface area contributed by atoms with E-state index in [1.807, 2.05) is 0 Å². The smallest absolute Gasteiger partial charge is 0.406 e. The van der Waals surface area contributed by atoms with Gasteiger partial charge in [0.25, 0.3) is 0 Å². The quantitative estimate of drug-likeness (QED) is 0.925. The lowest BCUT2D eigenvalue weighted by atomic mass is 10.0. The molecule has 1 aliphatic heterocycles. The first-order valence-corrected chi connectivity index (χ1v) is 6.79. The lowest BCUT2D eigenvalue weighted by Crippen LogP contribution is -2.37. The van der Waals surface area contributed by atoms with Crippen LogP contribution >= 0.6 is 0 Å². The predicted molar refractivity (Wildman–Crippen MR) is 70.3 cm³/mol. The van der Waals surface area contributed by atoms with Gasteiger partial charge in [-0.15, -0.1) is 13.2 Å². The normalized spacial score (nSPS) is 18.8. The molecule has 1 aliphatic rings. The van der Waals surface area contributed by atoms with Crippen LogP contribution in [-0.4, -0.2) is 30.9 Å². The van der Waals surface area contributed by atoms with Crippen molar-refractivity contribution in [2.75, 3.05) is 19.6 Å². The van der Waals surface area contributed by atoms with Crippen LogP contribution in [0.4, 0.5) is 13.2 Å². The van der Waals surface area contributed by atoms with E-state index in [2.05, 4.69) is 9.64 Å². The number of likely N-dealkylation sites (tertiary alicyclic amines) is 1. The van der Waals surface area contributed by atoms with E-state index in [9.17, 15) is 13.2 Å². The Hall–Kier alpha value is -1.27. The molecule has 1 atom stereocenters. The van der Waals surface area contributed by atoms with Gasteiger partial charge in [-0.1, -0.05) is 18.6 Å². The molecule has 0 aromatic heterocycles. The Kier molecular flexibility index (Phi) is 4.88. The molecule has 2 rings (SSSR count). The van der Waals surface area contributed by atoms with Crippen molar-refractivity contribution in [2.24, 2.45) is 5.73 Å². The summed E-state index contributed by atoms with van der Waals surface area (Å²) in [7, 11) is 0. The van der Waals surface area contributed by atoms with Crippen LogP contribution in [0.1, 0.15) is 30.9 Å². The summed E-state index contributed by atoms with van der Waals surface area (Å²) < 4.78 is 40.7. The molecule has 112 valence electrons. The monoisotopic (exact) mass is 288 g/mol. The minimum Gasteiger partial charge on any atom is -0.406 e. The fourth-order valence-corrected chi connectivity index (χ4v) is 2.64. The van der Waals surface area contributed by atoms with Crippen LogP contribution in [0.2, 0.25) is 0 Å². The summed E-state index contributed by atoms with van der Waals surface area (Å²) in [6, 6.07) is 6.06. The second kappa shape index (κ2) is 6.45. The third kappa shape index (κ3) is 4.11. The van der Waals surface area contributed by atoms with Crippen molar-refractivity contribution in [1.82, 2.24) is 4.90 Å². The van der Waals surface area contributed by atoms with Gasteiger partial charge in [0.05, 0.1) is 0 Å². The number of halogens is 3. The van der Waals surface area contributed by atoms with E-state index >= 15 is 0 Å². The van der Waals surface area contributed by atoms with Gasteiger partial charge in [0.15, 0.2) is 0 Å². The van der Waals surface area contributed by atoms with Gasteiger partial charge >= 0.3 is 6.36 Å². The summed E-state index contributed by atoms with van der Waals surface area (Å²) >= 11 is 0. The first kappa shape index (κ1) is 15.1. The van der Waals surface area contributed by atoms with E-state index in [0.29, 0.717) is 6.54 Å². The number of hydrogen-bond acceptors (Lipinski definition) is 3. The number of nitrogens with zero attached hydrogens (tertiary/aromatic N) is 1. The average molecular weight is 288 g/mol. The molecule has 3 nitrogen and oxygen atoms in total. The van der Waals surface area contributed by atoms with E-state index in [1.54, 1.807) is 12.1 Å². The maximum Gasteiger partial charge on any atom is 0.573 e. The first-order valence-electron chi connectivity index (χ1n) is 6.79. The minimum atomic E-state index is -4.66. The fourth-order valence-electron chi connectivity index (χ4n) is 2.64. The highest BCUT2D eigenvalue weighted by molar-refractivity contribution is 5.31. The van der Waals surface area contributed by atoms with Gasteiger partial charge in [-0.25, -0.2) is 0 Å². The van der Waals surface area contributed by atoms with Gasteiger partial charge in [-0.05, 0) is 43.6 Å². The second-order valence-corrected chi connectivity index (χ2v) is 4.97. The summed E-state index contributed by atoms with van der Waals surface area (Å²) in [6.45, 7) is 2.26. The summed E-state index contributed by atoms with van der Waals surface area (Å²) in [4.78, 5) is 2.23. The van der Waals surface area contributed by atoms with Gasteiger partial charge in [0.2, 0.25) is 0 Å². The Morgan fingerprint density at radius 3 is 2.50 bits per heavy atom. The van der Waals surface area contributed by atoms with E-state index < -0.39 is 6.36 Å². The van der Waals surface area contributed by atoms with Crippen molar-refractivity contribution < 1.29 is 17.9 Å². The third-order valence-electron chi connectivity index (χ3n) is 3.53. The molecule has 0 saturated carbocycles. The average Bonchev–Trinajstić information content (AvgIpc) is 2.39. The van der Waals surface area contributed by atoms with Crippen LogP contribution in [0.3, 0.4) is 0 Å². The Labute approximate surface area is 116 Å². The molecular formula is C14H19F3N2O. The van der Waals surface area contributed by atoms with Gasteiger partial charge in [0, 0.05) is 12.6 Å². The van der Waals surface area contributed by atoms with Crippen molar-refractivity contribution in [2.45, 2.75) is 31.7 Å². The Morgan fingerprint density at radius 1 is 1.20 bits per heavy atom. The largest absolute Gasteiger partial charge is 0.573 e. The van der Waals surface area contributed by atoms with E-state index in [1.165, 1.54) is 18.6 Å². The highest BCUT2D eigenvalue weighted by Gasteiger charge is 2.31. The van der Waals surface area contributed by atoms with Crippen molar-refractivity contribution >= 4 is 0 Å². The fraction of sp³-hybridized carbons (Fsp3) is 0.571. The molecule has 0 radical (unpaired) electrons. The van der Waals surface area contributed by atoms with Gasteiger partial charge in [-0.3, -0.25) is 4.90 Å². The van der Waals surface area contributed by atoms with Crippen LogP contribution in [0.25, 0.3) is 0 Å². The molecule has 20 heavy (non-hydrogen) atoms. The minimum absolute atomic E-state index is 0.0490. The lowest BCUT2D eigenvalue weighted by Gasteiger charge is -2.34. The Balaban J connectivity index is 2.14. The number of benzene rings is 1. The number of ether oxygens (including phenoxy) is 1. The molecule has 0 amide bonds. The molecule has 1 heterocycles. The van der Waals surface area contributed by atoms with E-state index in [-0.39, 0.29) is 11.8 Å². The maximum absolute atomic E-state index is 12.3. The zero-order chi connectivity index (χ0) is 14.6. The zero-order valence-electron chi connectivity index (χ0n) is 11.2. The molecule has 1 fully saturated rings. The zero-order valence-corrected chi connectivity index (χ0v) is 11.2. The van der Waals surface area contributed by atoms with E-state index in [4.69, 9.17) is 5.73 Å². The van der Waals surface area contributed by atoms with Crippen molar-refractivity contribution in [3.8, 4) is 5.75 Å². The highest BCUT2D eigenvalue weighted by atomic mass is 19.4. The van der Waals surface area contributed by atoms with Crippen LogP contribution < -0.4 is 10.5 Å². The standard InChI is InChI=1S/C14H19F3N2O/c15-14(16,17)20-12-6-4-5-11(9-12)13(10-18)19-7-2-1-3-8-19/h4-6,9,13H,1-3,7-8,10,18H2. The topological polar surface area (TPSA) is 38.5 Å². The lowest BCUT2D eigenvalue weighted by molar-refractivity contribution is -0.274. The molecule has 1 aromatic carbocycles. The van der Waals surface area contributed by atoms with Gasteiger partial charge in [0.1, 0.15) is 5.75 Å². The molecule has 0 spiro atoms. The van der Waals surface area contributed by atoms with E-state index in [0.717, 1.165) is 31.5 Å². The Bertz CT molecular complexity index is 431. The number of rotatable bonds is 4. The molecule has 6 heteroatoms. The second-order valence-electron chi connectivity index (χ2n) is 4.97. The van der Waals surface area contributed by atoms with Crippen LogP contribution in [0.5, 0.6) is 5.75 Å². The van der Waals surface area contributed by atoms with Crippen molar-refractivity contribution in [3.63, 3.8) is 0 Å². The molecule has 1 aromatic rings. The van der Waals surface area contributed by atoms with Crippen LogP contribution in [0, 0.1) is 0 Å². The SMILES string of the molecule is NCC(c1cccc(OC(F)(F)F)c1)N1CCCCC1. The van der Waals surface area contributed by atoms with Crippen molar-refractivity contribution in [3.05, 3.63) is 29.8 Å². The number of hydrogen-bond donors (Lipinski definition) is 1. The van der Waals surface area contributed by atoms with Gasteiger partial charge < -0.3 is 10.5 Å². The van der Waals surface area contributed by atoms with Crippen LogP contribution in [-0.2, 0) is 0 Å². The summed E-state index contributed by atoms with van der Waals surface area (Å²) in [5.41, 5.74) is 6.58. The summed E-state index contributed by atoms with van der Waals surface area (Å²) in [6.07, 6.45) is -1.25. The number of piperidine rings is 1. The first-order chi connectivity index (χ1) is 9.49.